The number of aryl methyl sites for hydroxylation is 1. The zero-order valence-electron chi connectivity index (χ0n) is 15.5. The highest BCUT2D eigenvalue weighted by atomic mass is 16.5. The van der Waals surface area contributed by atoms with Crippen molar-refractivity contribution in [3.63, 3.8) is 0 Å². The van der Waals surface area contributed by atoms with Gasteiger partial charge in [0.2, 0.25) is 0 Å². The van der Waals surface area contributed by atoms with E-state index in [2.05, 4.69) is 41.7 Å². The van der Waals surface area contributed by atoms with Crippen LogP contribution in [0.3, 0.4) is 0 Å². The van der Waals surface area contributed by atoms with Crippen molar-refractivity contribution >= 4 is 11.5 Å². The van der Waals surface area contributed by atoms with Gasteiger partial charge in [0.25, 0.3) is 0 Å². The van der Waals surface area contributed by atoms with Gasteiger partial charge in [-0.05, 0) is 73.4 Å². The fourth-order valence-electron chi connectivity index (χ4n) is 4.90. The Balaban J connectivity index is 1.76. The van der Waals surface area contributed by atoms with Crippen LogP contribution in [0.4, 0.5) is 5.69 Å². The number of hydrogen-bond acceptors (Lipinski definition) is 3. The molecule has 1 unspecified atom stereocenters. The van der Waals surface area contributed by atoms with E-state index in [4.69, 9.17) is 4.74 Å². The van der Waals surface area contributed by atoms with Gasteiger partial charge in [-0.1, -0.05) is 24.3 Å². The summed E-state index contributed by atoms with van der Waals surface area (Å²) in [6, 6.07) is 17.0. The monoisotopic (exact) mass is 349 g/mol. The van der Waals surface area contributed by atoms with Gasteiger partial charge in [0.1, 0.15) is 11.5 Å². The van der Waals surface area contributed by atoms with Crippen molar-refractivity contribution in [3.8, 4) is 5.75 Å². The first-order valence-corrected chi connectivity index (χ1v) is 9.73. The first-order chi connectivity index (χ1) is 12.7. The number of Topliss-reactive ketones (excluding diaryl/α,β-unsaturated/α-hetero) is 1. The minimum absolute atomic E-state index is 0.153. The summed E-state index contributed by atoms with van der Waals surface area (Å²) in [5.74, 6) is 1.63. The molecule has 0 aromatic heterocycles. The SMILES string of the molecule is COc1ccc(N[C@@]2(C3CCCC(=O)C3)CCCc3ccccc32)cc1. The molecule has 4 rings (SSSR count). The topological polar surface area (TPSA) is 38.3 Å². The number of benzene rings is 2. The molecule has 3 heteroatoms. The Labute approximate surface area is 155 Å². The molecule has 0 amide bonds. The molecule has 136 valence electrons. The molecule has 0 heterocycles. The third kappa shape index (κ3) is 3.11. The normalized spacial score (nSPS) is 25.4. The molecule has 2 atom stereocenters. The largest absolute Gasteiger partial charge is 0.497 e. The third-order valence-electron chi connectivity index (χ3n) is 6.15. The Hall–Kier alpha value is -2.29. The number of carbonyl (C=O) groups excluding carboxylic acids is 1. The Bertz CT molecular complexity index is 783. The van der Waals surface area contributed by atoms with Crippen molar-refractivity contribution in [3.05, 3.63) is 59.7 Å². The van der Waals surface area contributed by atoms with Crippen molar-refractivity contribution in [2.75, 3.05) is 12.4 Å². The second-order valence-electron chi connectivity index (χ2n) is 7.67. The molecule has 1 fully saturated rings. The van der Waals surface area contributed by atoms with Gasteiger partial charge in [-0.15, -0.1) is 0 Å². The highest BCUT2D eigenvalue weighted by Gasteiger charge is 2.44. The Kier molecular flexibility index (Phi) is 4.71. The number of ketones is 1. The molecule has 2 aliphatic rings. The highest BCUT2D eigenvalue weighted by Crippen LogP contribution is 2.48. The van der Waals surface area contributed by atoms with Crippen molar-refractivity contribution in [2.45, 2.75) is 50.5 Å². The van der Waals surface area contributed by atoms with E-state index in [-0.39, 0.29) is 5.54 Å². The molecule has 0 spiro atoms. The average molecular weight is 349 g/mol. The fourth-order valence-corrected chi connectivity index (χ4v) is 4.90. The number of rotatable bonds is 4. The summed E-state index contributed by atoms with van der Waals surface area (Å²) in [5, 5.41) is 3.88. The molecule has 1 saturated carbocycles. The van der Waals surface area contributed by atoms with Crippen LogP contribution in [-0.2, 0) is 16.8 Å². The van der Waals surface area contributed by atoms with Crippen LogP contribution in [0.5, 0.6) is 5.75 Å². The summed E-state index contributed by atoms with van der Waals surface area (Å²) in [6.45, 7) is 0. The summed E-state index contributed by atoms with van der Waals surface area (Å²) in [5.41, 5.74) is 3.76. The van der Waals surface area contributed by atoms with Crippen molar-refractivity contribution in [1.82, 2.24) is 0 Å². The van der Waals surface area contributed by atoms with E-state index in [1.54, 1.807) is 7.11 Å². The van der Waals surface area contributed by atoms with E-state index < -0.39 is 0 Å². The van der Waals surface area contributed by atoms with Gasteiger partial charge < -0.3 is 10.1 Å². The first-order valence-electron chi connectivity index (χ1n) is 9.73. The van der Waals surface area contributed by atoms with Crippen LogP contribution in [0, 0.1) is 5.92 Å². The molecular formula is C23H27NO2. The molecule has 3 nitrogen and oxygen atoms in total. The standard InChI is InChI=1S/C23H27NO2/c1-26-21-13-11-19(12-14-21)24-23(18-8-4-9-20(25)16-18)15-5-7-17-6-2-3-10-22(17)23/h2-3,6,10-14,18,24H,4-5,7-9,15-16H2,1H3/t18?,23-/m1/s1. The van der Waals surface area contributed by atoms with Gasteiger partial charge in [0.05, 0.1) is 12.6 Å². The lowest BCUT2D eigenvalue weighted by atomic mass is 9.64. The van der Waals surface area contributed by atoms with Crippen molar-refractivity contribution in [1.29, 1.82) is 0 Å². The number of fused-ring (bicyclic) bond motifs is 1. The molecule has 2 aromatic rings. The maximum Gasteiger partial charge on any atom is 0.133 e. The number of anilines is 1. The van der Waals surface area contributed by atoms with E-state index in [0.29, 0.717) is 18.1 Å². The summed E-state index contributed by atoms with van der Waals surface area (Å²) in [7, 11) is 1.69. The molecule has 26 heavy (non-hydrogen) atoms. The predicted octanol–water partition coefficient (Wildman–Crippen LogP) is 5.10. The van der Waals surface area contributed by atoms with Gasteiger partial charge in [-0.2, -0.15) is 0 Å². The maximum atomic E-state index is 12.3. The number of nitrogens with one attached hydrogen (secondary N) is 1. The summed E-state index contributed by atoms with van der Waals surface area (Å²) in [4.78, 5) is 12.3. The average Bonchev–Trinajstić information content (AvgIpc) is 2.69. The molecule has 0 radical (unpaired) electrons. The van der Waals surface area contributed by atoms with E-state index in [1.807, 2.05) is 12.1 Å². The minimum Gasteiger partial charge on any atom is -0.497 e. The van der Waals surface area contributed by atoms with Crippen LogP contribution in [0.2, 0.25) is 0 Å². The van der Waals surface area contributed by atoms with Crippen molar-refractivity contribution in [2.24, 2.45) is 5.92 Å². The smallest absolute Gasteiger partial charge is 0.133 e. The van der Waals surface area contributed by atoms with Gasteiger partial charge in [-0.25, -0.2) is 0 Å². The lowest BCUT2D eigenvalue weighted by molar-refractivity contribution is -0.122. The summed E-state index contributed by atoms with van der Waals surface area (Å²) < 4.78 is 5.30. The highest BCUT2D eigenvalue weighted by molar-refractivity contribution is 5.79. The number of carbonyl (C=O) groups is 1. The third-order valence-corrected chi connectivity index (χ3v) is 6.15. The Morgan fingerprint density at radius 1 is 1.04 bits per heavy atom. The molecule has 0 saturated heterocycles. The Morgan fingerprint density at radius 3 is 2.62 bits per heavy atom. The molecule has 1 N–H and O–H groups in total. The molecule has 0 aliphatic heterocycles. The second kappa shape index (κ2) is 7.14. The van der Waals surface area contributed by atoms with Crippen LogP contribution >= 0.6 is 0 Å². The van der Waals surface area contributed by atoms with Gasteiger partial charge in [0.15, 0.2) is 0 Å². The van der Waals surface area contributed by atoms with E-state index in [9.17, 15) is 4.79 Å². The zero-order chi connectivity index (χ0) is 18.0. The molecule has 2 aliphatic carbocycles. The maximum absolute atomic E-state index is 12.3. The summed E-state index contributed by atoms with van der Waals surface area (Å²) in [6.07, 6.45) is 6.93. The van der Waals surface area contributed by atoms with E-state index >= 15 is 0 Å². The Morgan fingerprint density at radius 2 is 1.85 bits per heavy atom. The van der Waals surface area contributed by atoms with Crippen LogP contribution in [0.25, 0.3) is 0 Å². The van der Waals surface area contributed by atoms with Crippen LogP contribution in [-0.4, -0.2) is 12.9 Å². The summed E-state index contributed by atoms with van der Waals surface area (Å²) >= 11 is 0. The van der Waals surface area contributed by atoms with E-state index in [1.165, 1.54) is 11.1 Å². The van der Waals surface area contributed by atoms with Crippen LogP contribution < -0.4 is 10.1 Å². The number of ether oxygens (including phenoxy) is 1. The minimum atomic E-state index is -0.153. The van der Waals surface area contributed by atoms with Gasteiger partial charge >= 0.3 is 0 Å². The molecule has 2 aromatic carbocycles. The predicted molar refractivity (Wildman–Crippen MR) is 105 cm³/mol. The lowest BCUT2D eigenvalue weighted by Gasteiger charge is -2.47. The fraction of sp³-hybridized carbons (Fsp3) is 0.435. The van der Waals surface area contributed by atoms with Crippen LogP contribution in [0.1, 0.15) is 49.7 Å². The number of methoxy groups -OCH3 is 1. The molecule has 0 bridgehead atoms. The van der Waals surface area contributed by atoms with Crippen molar-refractivity contribution < 1.29 is 9.53 Å². The lowest BCUT2D eigenvalue weighted by Crippen LogP contribution is -2.47. The quantitative estimate of drug-likeness (QED) is 0.835. The number of hydrogen-bond donors (Lipinski definition) is 1. The van der Waals surface area contributed by atoms with Gasteiger partial charge in [0, 0.05) is 18.5 Å². The van der Waals surface area contributed by atoms with E-state index in [0.717, 1.165) is 50.0 Å². The molecular weight excluding hydrogens is 322 g/mol. The first kappa shape index (κ1) is 17.1. The van der Waals surface area contributed by atoms with Crippen LogP contribution in [0.15, 0.2) is 48.5 Å². The zero-order valence-corrected chi connectivity index (χ0v) is 15.5. The van der Waals surface area contributed by atoms with Gasteiger partial charge in [-0.3, -0.25) is 4.79 Å². The second-order valence-corrected chi connectivity index (χ2v) is 7.67.